The van der Waals surface area contributed by atoms with Crippen LogP contribution >= 0.6 is 0 Å². The average molecular weight is 268 g/mol. The fraction of sp³-hybridized carbons (Fsp3) is 0.933. The maximum Gasteiger partial charge on any atom is 0.315 e. The number of carbonyl (C=O) groups is 1. The van der Waals surface area contributed by atoms with E-state index < -0.39 is 0 Å². The van der Waals surface area contributed by atoms with Gasteiger partial charge in [-0.1, -0.05) is 26.7 Å². The Balaban J connectivity index is 1.64. The third kappa shape index (κ3) is 4.68. The largest absolute Gasteiger partial charge is 0.378 e. The van der Waals surface area contributed by atoms with Crippen LogP contribution in [0.15, 0.2) is 0 Å². The number of rotatable bonds is 6. The van der Waals surface area contributed by atoms with E-state index in [0.717, 1.165) is 31.9 Å². The first-order valence-corrected chi connectivity index (χ1v) is 7.72. The van der Waals surface area contributed by atoms with Gasteiger partial charge in [0.25, 0.3) is 0 Å². The van der Waals surface area contributed by atoms with E-state index >= 15 is 0 Å². The van der Waals surface area contributed by atoms with Crippen molar-refractivity contribution < 1.29 is 9.53 Å². The number of nitrogens with one attached hydrogen (secondary N) is 2. The molecule has 2 amide bonds. The second-order valence-electron chi connectivity index (χ2n) is 6.56. The Kier molecular flexibility index (Phi) is 5.08. The molecular formula is C15H28N2O2. The van der Waals surface area contributed by atoms with Crippen molar-refractivity contribution in [3.05, 3.63) is 0 Å². The van der Waals surface area contributed by atoms with Gasteiger partial charge in [0.1, 0.15) is 0 Å². The standard InChI is InChI=1S/C15H28N2O2/c1-10(2)14-13(6-7-19-14)9-16-15(18)17-11(3)8-12-4-5-12/h10-14H,4-9H2,1-3H3,(H2,16,17,18)/t11-,13-,14-/m1/s1. The van der Waals surface area contributed by atoms with Crippen molar-refractivity contribution in [3.63, 3.8) is 0 Å². The van der Waals surface area contributed by atoms with Gasteiger partial charge in [-0.15, -0.1) is 0 Å². The topological polar surface area (TPSA) is 50.4 Å². The van der Waals surface area contributed by atoms with E-state index in [4.69, 9.17) is 4.74 Å². The highest BCUT2D eigenvalue weighted by Crippen LogP contribution is 2.33. The molecule has 19 heavy (non-hydrogen) atoms. The van der Waals surface area contributed by atoms with E-state index in [1.165, 1.54) is 12.8 Å². The molecule has 1 heterocycles. The van der Waals surface area contributed by atoms with Crippen molar-refractivity contribution >= 4 is 6.03 Å². The Bertz CT molecular complexity index is 303. The highest BCUT2D eigenvalue weighted by molar-refractivity contribution is 5.74. The molecule has 2 rings (SSSR count). The van der Waals surface area contributed by atoms with E-state index in [9.17, 15) is 4.79 Å². The molecule has 1 saturated heterocycles. The van der Waals surface area contributed by atoms with Crippen LogP contribution in [0.5, 0.6) is 0 Å². The van der Waals surface area contributed by atoms with Gasteiger partial charge < -0.3 is 15.4 Å². The lowest BCUT2D eigenvalue weighted by Gasteiger charge is -2.22. The Morgan fingerprint density at radius 2 is 2.00 bits per heavy atom. The number of ether oxygens (including phenoxy) is 1. The SMILES string of the molecule is CC(C)[C@H]1OCC[C@@H]1CNC(=O)N[C@H](C)CC1CC1. The maximum atomic E-state index is 11.8. The number of hydrogen-bond donors (Lipinski definition) is 2. The molecule has 4 heteroatoms. The van der Waals surface area contributed by atoms with Gasteiger partial charge in [0.2, 0.25) is 0 Å². The van der Waals surface area contributed by atoms with E-state index in [2.05, 4.69) is 31.4 Å². The molecule has 4 nitrogen and oxygen atoms in total. The number of urea groups is 1. The molecular weight excluding hydrogens is 240 g/mol. The third-order valence-corrected chi connectivity index (χ3v) is 4.21. The highest BCUT2D eigenvalue weighted by atomic mass is 16.5. The summed E-state index contributed by atoms with van der Waals surface area (Å²) in [6.07, 6.45) is 5.14. The summed E-state index contributed by atoms with van der Waals surface area (Å²) in [6.45, 7) is 8.01. The Hall–Kier alpha value is -0.770. The fourth-order valence-corrected chi connectivity index (χ4v) is 3.02. The molecule has 2 N–H and O–H groups in total. The zero-order chi connectivity index (χ0) is 13.8. The Labute approximate surface area is 116 Å². The van der Waals surface area contributed by atoms with Crippen LogP contribution in [0.2, 0.25) is 0 Å². The lowest BCUT2D eigenvalue weighted by molar-refractivity contribution is 0.0545. The van der Waals surface area contributed by atoms with Crippen LogP contribution in [0.1, 0.15) is 46.5 Å². The van der Waals surface area contributed by atoms with E-state index in [-0.39, 0.29) is 12.1 Å². The first kappa shape index (κ1) is 14.6. The average Bonchev–Trinajstić information content (AvgIpc) is 3.01. The third-order valence-electron chi connectivity index (χ3n) is 4.21. The van der Waals surface area contributed by atoms with Gasteiger partial charge in [0.05, 0.1) is 6.10 Å². The van der Waals surface area contributed by atoms with Crippen LogP contribution in [0.4, 0.5) is 4.79 Å². The molecule has 110 valence electrons. The van der Waals surface area contributed by atoms with Gasteiger partial charge in [-0.2, -0.15) is 0 Å². The van der Waals surface area contributed by atoms with Gasteiger partial charge >= 0.3 is 6.03 Å². The molecule has 1 aliphatic carbocycles. The van der Waals surface area contributed by atoms with E-state index in [0.29, 0.717) is 17.9 Å². The molecule has 0 spiro atoms. The minimum absolute atomic E-state index is 0.0254. The monoisotopic (exact) mass is 268 g/mol. The van der Waals surface area contributed by atoms with Crippen molar-refractivity contribution in [1.82, 2.24) is 10.6 Å². The van der Waals surface area contributed by atoms with E-state index in [1.807, 2.05) is 0 Å². The van der Waals surface area contributed by atoms with Gasteiger partial charge in [-0.25, -0.2) is 4.79 Å². The molecule has 0 aromatic heterocycles. The summed E-state index contributed by atoms with van der Waals surface area (Å²) in [5.41, 5.74) is 0. The minimum Gasteiger partial charge on any atom is -0.378 e. The summed E-state index contributed by atoms with van der Waals surface area (Å²) in [7, 11) is 0. The first-order chi connectivity index (χ1) is 9.06. The summed E-state index contributed by atoms with van der Waals surface area (Å²) in [5, 5.41) is 6.03. The molecule has 1 aliphatic heterocycles. The van der Waals surface area contributed by atoms with Crippen molar-refractivity contribution in [2.45, 2.75) is 58.6 Å². The molecule has 3 atom stereocenters. The van der Waals surface area contributed by atoms with Crippen molar-refractivity contribution in [2.24, 2.45) is 17.8 Å². The summed E-state index contributed by atoms with van der Waals surface area (Å²) >= 11 is 0. The summed E-state index contributed by atoms with van der Waals surface area (Å²) in [4.78, 5) is 11.8. The molecule has 0 radical (unpaired) electrons. The summed E-state index contributed by atoms with van der Waals surface area (Å²) in [5.74, 6) is 1.83. The summed E-state index contributed by atoms with van der Waals surface area (Å²) in [6, 6.07) is 0.260. The Morgan fingerprint density at radius 3 is 2.63 bits per heavy atom. The van der Waals surface area contributed by atoms with Crippen LogP contribution < -0.4 is 10.6 Å². The zero-order valence-corrected chi connectivity index (χ0v) is 12.4. The Morgan fingerprint density at radius 1 is 1.26 bits per heavy atom. The second kappa shape index (κ2) is 6.60. The lowest BCUT2D eigenvalue weighted by atomic mass is 9.93. The number of amides is 2. The van der Waals surface area contributed by atoms with Crippen LogP contribution in [0.25, 0.3) is 0 Å². The quantitative estimate of drug-likeness (QED) is 0.778. The smallest absolute Gasteiger partial charge is 0.315 e. The van der Waals surface area contributed by atoms with Gasteiger partial charge in [0, 0.05) is 25.1 Å². The predicted molar refractivity (Wildman–Crippen MR) is 76.0 cm³/mol. The molecule has 2 fully saturated rings. The van der Waals surface area contributed by atoms with Crippen LogP contribution in [-0.2, 0) is 4.74 Å². The van der Waals surface area contributed by atoms with Gasteiger partial charge in [-0.05, 0) is 31.6 Å². The first-order valence-electron chi connectivity index (χ1n) is 7.72. The van der Waals surface area contributed by atoms with Crippen LogP contribution in [0.3, 0.4) is 0 Å². The second-order valence-corrected chi connectivity index (χ2v) is 6.56. The molecule has 0 aromatic rings. The number of carbonyl (C=O) groups excluding carboxylic acids is 1. The predicted octanol–water partition coefficient (Wildman–Crippen LogP) is 2.54. The summed E-state index contributed by atoms with van der Waals surface area (Å²) < 4.78 is 5.73. The molecule has 0 bridgehead atoms. The maximum absolute atomic E-state index is 11.8. The van der Waals surface area contributed by atoms with Crippen molar-refractivity contribution in [1.29, 1.82) is 0 Å². The van der Waals surface area contributed by atoms with Crippen LogP contribution in [-0.4, -0.2) is 31.3 Å². The minimum atomic E-state index is -0.0254. The molecule has 0 unspecified atom stereocenters. The van der Waals surface area contributed by atoms with Crippen molar-refractivity contribution in [3.8, 4) is 0 Å². The number of hydrogen-bond acceptors (Lipinski definition) is 2. The molecule has 0 aromatic carbocycles. The zero-order valence-electron chi connectivity index (χ0n) is 12.4. The van der Waals surface area contributed by atoms with Crippen molar-refractivity contribution in [2.75, 3.05) is 13.2 Å². The lowest BCUT2D eigenvalue weighted by Crippen LogP contribution is -2.44. The van der Waals surface area contributed by atoms with Gasteiger partial charge in [0.15, 0.2) is 0 Å². The molecule has 2 aliphatic rings. The van der Waals surface area contributed by atoms with E-state index in [1.54, 1.807) is 0 Å². The van der Waals surface area contributed by atoms with Crippen LogP contribution in [0, 0.1) is 17.8 Å². The normalized spacial score (nSPS) is 28.4. The van der Waals surface area contributed by atoms with Gasteiger partial charge in [-0.3, -0.25) is 0 Å². The molecule has 1 saturated carbocycles. The highest BCUT2D eigenvalue weighted by Gasteiger charge is 2.31. The fourth-order valence-electron chi connectivity index (χ4n) is 3.02.